The van der Waals surface area contributed by atoms with Gasteiger partial charge in [-0.25, -0.2) is 4.68 Å². The van der Waals surface area contributed by atoms with Crippen LogP contribution < -0.4 is 0 Å². The van der Waals surface area contributed by atoms with Crippen molar-refractivity contribution in [1.82, 2.24) is 25.1 Å². The number of likely N-dealkylation sites (tertiary alicyclic amines) is 1. The molecule has 3 heterocycles. The zero-order chi connectivity index (χ0) is 16.7. The quantitative estimate of drug-likeness (QED) is 0.840. The van der Waals surface area contributed by atoms with E-state index in [0.29, 0.717) is 18.8 Å². The summed E-state index contributed by atoms with van der Waals surface area (Å²) in [5.41, 5.74) is 3.05. The first-order valence-electron chi connectivity index (χ1n) is 8.73. The average molecular weight is 329 g/mol. The lowest BCUT2D eigenvalue weighted by atomic mass is 10.1. The second-order valence-corrected chi connectivity index (χ2v) is 6.98. The van der Waals surface area contributed by atoms with Crippen LogP contribution in [-0.4, -0.2) is 44.0 Å². The van der Waals surface area contributed by atoms with Crippen LogP contribution in [0.25, 0.3) is 0 Å². The van der Waals surface area contributed by atoms with Crippen molar-refractivity contribution >= 4 is 5.91 Å². The molecule has 1 aliphatic carbocycles. The molecule has 7 nitrogen and oxygen atoms in total. The van der Waals surface area contributed by atoms with E-state index in [-0.39, 0.29) is 11.9 Å². The topological polar surface area (TPSA) is 77.0 Å². The fourth-order valence-corrected chi connectivity index (χ4v) is 3.47. The minimum Gasteiger partial charge on any atom is -0.361 e. The van der Waals surface area contributed by atoms with Gasteiger partial charge in [-0.2, -0.15) is 0 Å². The van der Waals surface area contributed by atoms with E-state index in [1.54, 1.807) is 0 Å². The summed E-state index contributed by atoms with van der Waals surface area (Å²) in [4.78, 5) is 14.4. The molecule has 128 valence electrons. The Morgan fingerprint density at radius 1 is 1.33 bits per heavy atom. The predicted molar refractivity (Wildman–Crippen MR) is 86.5 cm³/mol. The van der Waals surface area contributed by atoms with Gasteiger partial charge in [0.25, 0.3) is 0 Å². The Kier molecular flexibility index (Phi) is 3.86. The maximum atomic E-state index is 12.5. The first-order valence-corrected chi connectivity index (χ1v) is 8.73. The Bertz CT molecular complexity index is 726. The molecule has 0 spiro atoms. The Morgan fingerprint density at radius 2 is 2.17 bits per heavy atom. The van der Waals surface area contributed by atoms with Crippen LogP contribution in [0.1, 0.15) is 60.4 Å². The zero-order valence-corrected chi connectivity index (χ0v) is 14.2. The van der Waals surface area contributed by atoms with Crippen molar-refractivity contribution < 1.29 is 9.32 Å². The number of aromatic nitrogens is 4. The summed E-state index contributed by atoms with van der Waals surface area (Å²) in [6.07, 6.45) is 6.67. The third-order valence-corrected chi connectivity index (χ3v) is 5.18. The van der Waals surface area contributed by atoms with E-state index >= 15 is 0 Å². The van der Waals surface area contributed by atoms with Crippen molar-refractivity contribution in [3.05, 3.63) is 28.9 Å². The van der Waals surface area contributed by atoms with E-state index in [4.69, 9.17) is 4.52 Å². The average Bonchev–Trinajstić information content (AvgIpc) is 2.99. The van der Waals surface area contributed by atoms with E-state index in [0.717, 1.165) is 42.2 Å². The predicted octanol–water partition coefficient (Wildman–Crippen LogP) is 2.17. The standard InChI is InChI=1S/C17H23N5O2/c1-11-15(12(2)24-19-11)5-6-17(23)21-8-7-14(9-21)22-10-16(18-20-22)13-3-4-13/h10,13-14H,3-9H2,1-2H3. The molecule has 1 aliphatic heterocycles. The molecule has 2 aromatic heterocycles. The van der Waals surface area contributed by atoms with Crippen molar-refractivity contribution in [1.29, 1.82) is 0 Å². The van der Waals surface area contributed by atoms with Crippen molar-refractivity contribution in [2.45, 2.75) is 57.9 Å². The Balaban J connectivity index is 1.33. The van der Waals surface area contributed by atoms with Crippen LogP contribution in [0.15, 0.2) is 10.7 Å². The molecular weight excluding hydrogens is 306 g/mol. The van der Waals surface area contributed by atoms with E-state index in [1.165, 1.54) is 12.8 Å². The summed E-state index contributed by atoms with van der Waals surface area (Å²) in [6.45, 7) is 5.34. The molecule has 1 saturated heterocycles. The van der Waals surface area contributed by atoms with Gasteiger partial charge in [-0.1, -0.05) is 10.4 Å². The summed E-state index contributed by atoms with van der Waals surface area (Å²) in [6, 6.07) is 0.257. The molecule has 2 aliphatic rings. The number of hydrogen-bond acceptors (Lipinski definition) is 5. The van der Waals surface area contributed by atoms with Gasteiger partial charge in [-0.15, -0.1) is 5.10 Å². The number of carbonyl (C=O) groups is 1. The highest BCUT2D eigenvalue weighted by molar-refractivity contribution is 5.76. The second-order valence-electron chi connectivity index (χ2n) is 6.98. The minimum atomic E-state index is 0.194. The third kappa shape index (κ3) is 2.95. The number of nitrogens with zero attached hydrogens (tertiary/aromatic N) is 5. The van der Waals surface area contributed by atoms with Gasteiger partial charge >= 0.3 is 0 Å². The molecule has 0 radical (unpaired) electrons. The van der Waals surface area contributed by atoms with E-state index in [2.05, 4.69) is 21.7 Å². The molecule has 4 rings (SSSR count). The monoisotopic (exact) mass is 329 g/mol. The maximum Gasteiger partial charge on any atom is 0.222 e. The van der Waals surface area contributed by atoms with Gasteiger partial charge in [0.05, 0.1) is 17.4 Å². The van der Waals surface area contributed by atoms with Crippen molar-refractivity contribution in [3.63, 3.8) is 0 Å². The smallest absolute Gasteiger partial charge is 0.222 e. The van der Waals surface area contributed by atoms with Crippen molar-refractivity contribution in [3.8, 4) is 0 Å². The Labute approximate surface area is 141 Å². The van der Waals surface area contributed by atoms with Crippen LogP contribution in [-0.2, 0) is 11.2 Å². The number of aryl methyl sites for hydroxylation is 2. The highest BCUT2D eigenvalue weighted by Gasteiger charge is 2.31. The van der Waals surface area contributed by atoms with Gasteiger partial charge in [-0.05, 0) is 39.5 Å². The lowest BCUT2D eigenvalue weighted by molar-refractivity contribution is -0.130. The van der Waals surface area contributed by atoms with Crippen LogP contribution in [0.2, 0.25) is 0 Å². The number of amides is 1. The molecule has 0 bridgehead atoms. The highest BCUT2D eigenvalue weighted by atomic mass is 16.5. The fourth-order valence-electron chi connectivity index (χ4n) is 3.47. The van der Waals surface area contributed by atoms with Crippen LogP contribution in [0.3, 0.4) is 0 Å². The fraction of sp³-hybridized carbons (Fsp3) is 0.647. The van der Waals surface area contributed by atoms with E-state index in [1.807, 2.05) is 23.4 Å². The van der Waals surface area contributed by atoms with Crippen LogP contribution in [0.5, 0.6) is 0 Å². The summed E-state index contributed by atoms with van der Waals surface area (Å²) in [5, 5.41) is 12.5. The third-order valence-electron chi connectivity index (χ3n) is 5.18. The zero-order valence-electron chi connectivity index (χ0n) is 14.2. The van der Waals surface area contributed by atoms with Crippen LogP contribution in [0.4, 0.5) is 0 Å². The molecule has 1 atom stereocenters. The number of hydrogen-bond donors (Lipinski definition) is 0. The minimum absolute atomic E-state index is 0.194. The SMILES string of the molecule is Cc1noc(C)c1CCC(=O)N1CCC(n2cc(C3CC3)nn2)C1. The summed E-state index contributed by atoms with van der Waals surface area (Å²) in [5.74, 6) is 1.63. The largest absolute Gasteiger partial charge is 0.361 e. The molecule has 2 fully saturated rings. The molecule has 24 heavy (non-hydrogen) atoms. The van der Waals surface area contributed by atoms with Gasteiger partial charge in [0.15, 0.2) is 0 Å². The van der Waals surface area contributed by atoms with Gasteiger partial charge in [0.1, 0.15) is 5.76 Å². The van der Waals surface area contributed by atoms with E-state index in [9.17, 15) is 4.79 Å². The molecule has 1 amide bonds. The molecule has 1 saturated carbocycles. The molecule has 7 heteroatoms. The van der Waals surface area contributed by atoms with Gasteiger partial charge in [0, 0.05) is 37.2 Å². The normalized spacial score (nSPS) is 20.8. The summed E-state index contributed by atoms with van der Waals surface area (Å²) in [7, 11) is 0. The lowest BCUT2D eigenvalue weighted by Gasteiger charge is -2.16. The molecule has 0 aromatic carbocycles. The number of carbonyl (C=O) groups excluding carboxylic acids is 1. The molecule has 0 N–H and O–H groups in total. The molecular formula is C17H23N5O2. The van der Waals surface area contributed by atoms with Gasteiger partial charge in [0.2, 0.25) is 5.91 Å². The molecule has 1 unspecified atom stereocenters. The second kappa shape index (κ2) is 6.03. The summed E-state index contributed by atoms with van der Waals surface area (Å²) < 4.78 is 7.11. The lowest BCUT2D eigenvalue weighted by Crippen LogP contribution is -2.29. The Morgan fingerprint density at radius 3 is 2.88 bits per heavy atom. The van der Waals surface area contributed by atoms with E-state index < -0.39 is 0 Å². The molecule has 2 aromatic rings. The van der Waals surface area contributed by atoms with Gasteiger partial charge < -0.3 is 9.42 Å². The van der Waals surface area contributed by atoms with Crippen LogP contribution >= 0.6 is 0 Å². The number of rotatable bonds is 5. The van der Waals surface area contributed by atoms with Crippen molar-refractivity contribution in [2.24, 2.45) is 0 Å². The van der Waals surface area contributed by atoms with Crippen molar-refractivity contribution in [2.75, 3.05) is 13.1 Å². The van der Waals surface area contributed by atoms with Crippen LogP contribution in [0, 0.1) is 13.8 Å². The van der Waals surface area contributed by atoms with Gasteiger partial charge in [-0.3, -0.25) is 4.79 Å². The first-order chi connectivity index (χ1) is 11.6. The maximum absolute atomic E-state index is 12.5. The Hall–Kier alpha value is -2.18. The first kappa shape index (κ1) is 15.4. The highest BCUT2D eigenvalue weighted by Crippen LogP contribution is 2.39. The summed E-state index contributed by atoms with van der Waals surface area (Å²) >= 11 is 0.